The first-order valence-corrected chi connectivity index (χ1v) is 22.9. The third-order valence-corrected chi connectivity index (χ3v) is 10.5. The molecule has 310 valence electrons. The Bertz CT molecular complexity index is 721. The number of nitrogens with one attached hydrogen (secondary N) is 1. The summed E-state index contributed by atoms with van der Waals surface area (Å²) in [6, 6.07) is 0. The highest BCUT2D eigenvalue weighted by atomic mass is 16.5. The minimum absolute atomic E-state index is 0.0122. The number of ether oxygens (including phenoxy) is 2. The van der Waals surface area contributed by atoms with Crippen molar-refractivity contribution in [3.63, 3.8) is 0 Å². The van der Waals surface area contributed by atoms with Crippen LogP contribution in [-0.2, 0) is 19.1 Å². The van der Waals surface area contributed by atoms with E-state index in [4.69, 9.17) is 9.47 Å². The van der Waals surface area contributed by atoms with Crippen LogP contribution in [0, 0.1) is 5.92 Å². The van der Waals surface area contributed by atoms with Crippen molar-refractivity contribution in [2.75, 3.05) is 52.5 Å². The highest BCUT2D eigenvalue weighted by Gasteiger charge is 2.13. The molecule has 0 saturated heterocycles. The van der Waals surface area contributed by atoms with E-state index in [1.807, 2.05) is 0 Å². The van der Waals surface area contributed by atoms with Gasteiger partial charge < -0.3 is 24.8 Å². The van der Waals surface area contributed by atoms with Crippen LogP contribution in [-0.4, -0.2) is 74.5 Å². The van der Waals surface area contributed by atoms with Gasteiger partial charge in [0.05, 0.1) is 19.8 Å². The van der Waals surface area contributed by atoms with E-state index in [1.54, 1.807) is 0 Å². The van der Waals surface area contributed by atoms with Crippen LogP contribution in [0.1, 0.15) is 220 Å². The Morgan fingerprint density at radius 2 is 0.942 bits per heavy atom. The third kappa shape index (κ3) is 38.5. The smallest absolute Gasteiger partial charge is 0.305 e. The molecule has 0 heterocycles. The molecule has 0 aliphatic heterocycles. The second kappa shape index (κ2) is 42.6. The average molecular weight is 739 g/mol. The van der Waals surface area contributed by atoms with Crippen molar-refractivity contribution in [3.8, 4) is 0 Å². The third-order valence-electron chi connectivity index (χ3n) is 10.5. The van der Waals surface area contributed by atoms with Crippen molar-refractivity contribution in [1.29, 1.82) is 0 Å². The van der Waals surface area contributed by atoms with E-state index in [-0.39, 0.29) is 18.5 Å². The Morgan fingerprint density at radius 1 is 0.500 bits per heavy atom. The number of esters is 2. The van der Waals surface area contributed by atoms with Gasteiger partial charge in [0.15, 0.2) is 0 Å². The number of nitrogens with zero attached hydrogens (tertiary/aromatic N) is 1. The van der Waals surface area contributed by atoms with Crippen molar-refractivity contribution in [3.05, 3.63) is 0 Å². The van der Waals surface area contributed by atoms with Gasteiger partial charge in [-0.3, -0.25) is 9.59 Å². The number of aliphatic hydroxyl groups excluding tert-OH is 1. The van der Waals surface area contributed by atoms with Crippen LogP contribution in [0.15, 0.2) is 0 Å². The number of hydrogen-bond donors (Lipinski definition) is 2. The fourth-order valence-corrected chi connectivity index (χ4v) is 7.02. The average Bonchev–Trinajstić information content (AvgIpc) is 3.14. The molecule has 7 heteroatoms. The summed E-state index contributed by atoms with van der Waals surface area (Å²) in [5.74, 6) is 0.466. The van der Waals surface area contributed by atoms with Gasteiger partial charge in [-0.25, -0.2) is 0 Å². The quantitative estimate of drug-likeness (QED) is 0.0475. The summed E-state index contributed by atoms with van der Waals surface area (Å²) in [6.45, 7) is 12.7. The zero-order valence-corrected chi connectivity index (χ0v) is 35.2. The monoisotopic (exact) mass is 739 g/mol. The molecule has 0 aromatic heterocycles. The number of rotatable bonds is 43. The number of aliphatic hydroxyl groups is 1. The summed E-state index contributed by atoms with van der Waals surface area (Å²) < 4.78 is 11.2. The fraction of sp³-hybridized carbons (Fsp3) is 0.956. The lowest BCUT2D eigenvalue weighted by atomic mass is 9.94. The minimum Gasteiger partial charge on any atom is -0.466 e. The van der Waals surface area contributed by atoms with Gasteiger partial charge in [0, 0.05) is 19.4 Å². The summed E-state index contributed by atoms with van der Waals surface area (Å²) in [6.07, 6.45) is 36.3. The van der Waals surface area contributed by atoms with Crippen LogP contribution in [0.3, 0.4) is 0 Å². The van der Waals surface area contributed by atoms with Crippen molar-refractivity contribution in [2.24, 2.45) is 5.92 Å². The first-order valence-electron chi connectivity index (χ1n) is 22.9. The molecule has 0 aliphatic rings. The van der Waals surface area contributed by atoms with Crippen LogP contribution in [0.25, 0.3) is 0 Å². The molecule has 0 spiro atoms. The maximum atomic E-state index is 12.5. The highest BCUT2D eigenvalue weighted by molar-refractivity contribution is 5.69. The molecule has 7 nitrogen and oxygen atoms in total. The molecule has 52 heavy (non-hydrogen) atoms. The molecule has 0 fully saturated rings. The summed E-state index contributed by atoms with van der Waals surface area (Å²) in [5.41, 5.74) is 0. The van der Waals surface area contributed by atoms with E-state index in [9.17, 15) is 14.7 Å². The van der Waals surface area contributed by atoms with E-state index in [2.05, 4.69) is 31.0 Å². The number of carbonyl (C=O) groups excluding carboxylic acids is 2. The van der Waals surface area contributed by atoms with Crippen LogP contribution < -0.4 is 5.32 Å². The van der Waals surface area contributed by atoms with Crippen molar-refractivity contribution < 1.29 is 24.2 Å². The van der Waals surface area contributed by atoms with E-state index >= 15 is 0 Å². The van der Waals surface area contributed by atoms with Crippen molar-refractivity contribution in [2.45, 2.75) is 220 Å². The van der Waals surface area contributed by atoms with Gasteiger partial charge in [-0.05, 0) is 83.5 Å². The van der Waals surface area contributed by atoms with E-state index in [1.165, 1.54) is 128 Å². The Hall–Kier alpha value is -1.18. The fourth-order valence-electron chi connectivity index (χ4n) is 7.02. The first kappa shape index (κ1) is 50.8. The Kier molecular flexibility index (Phi) is 41.6. The molecular weight excluding hydrogens is 649 g/mol. The first-order chi connectivity index (χ1) is 25.6. The van der Waals surface area contributed by atoms with E-state index in [0.717, 1.165) is 84.0 Å². The maximum absolute atomic E-state index is 12.5. The summed E-state index contributed by atoms with van der Waals surface area (Å²) in [7, 11) is 0. The van der Waals surface area contributed by atoms with Gasteiger partial charge >= 0.3 is 11.9 Å². The molecule has 0 amide bonds. The number of carbonyl (C=O) groups is 2. The van der Waals surface area contributed by atoms with Crippen LogP contribution >= 0.6 is 0 Å². The Morgan fingerprint density at radius 3 is 1.50 bits per heavy atom. The molecule has 0 unspecified atom stereocenters. The van der Waals surface area contributed by atoms with Gasteiger partial charge in [-0.15, -0.1) is 0 Å². The predicted octanol–water partition coefficient (Wildman–Crippen LogP) is 11.7. The lowest BCUT2D eigenvalue weighted by Gasteiger charge is -2.21. The largest absolute Gasteiger partial charge is 0.466 e. The highest BCUT2D eigenvalue weighted by Crippen LogP contribution is 2.20. The van der Waals surface area contributed by atoms with E-state index in [0.29, 0.717) is 38.5 Å². The zero-order chi connectivity index (χ0) is 38.0. The molecule has 0 aromatic rings. The van der Waals surface area contributed by atoms with Crippen LogP contribution in [0.4, 0.5) is 0 Å². The lowest BCUT2D eigenvalue weighted by molar-refractivity contribution is -0.145. The Labute approximate surface area is 323 Å². The molecule has 0 aromatic carbocycles. The molecule has 2 N–H and O–H groups in total. The minimum atomic E-state index is -0.0533. The van der Waals surface area contributed by atoms with Crippen molar-refractivity contribution >= 4 is 11.9 Å². The Balaban J connectivity index is 3.88. The maximum Gasteiger partial charge on any atom is 0.305 e. The topological polar surface area (TPSA) is 88.1 Å². The normalized spacial score (nSPS) is 11.6. The predicted molar refractivity (Wildman–Crippen MR) is 222 cm³/mol. The second-order valence-electron chi connectivity index (χ2n) is 15.6. The molecule has 0 bridgehead atoms. The van der Waals surface area contributed by atoms with Gasteiger partial charge in [0.25, 0.3) is 0 Å². The lowest BCUT2D eigenvalue weighted by Crippen LogP contribution is -2.31. The molecule has 0 rings (SSSR count). The van der Waals surface area contributed by atoms with E-state index < -0.39 is 0 Å². The number of hydrogen-bond acceptors (Lipinski definition) is 7. The van der Waals surface area contributed by atoms with Gasteiger partial charge in [-0.2, -0.15) is 0 Å². The molecule has 0 atom stereocenters. The SMILES string of the molecule is CCCCCCCCCCOC(=O)CCCCCN(CCO)CCCNCCCCCC(=O)OCC(CCCCCCCC)CCCCCCCC. The molecule has 0 aliphatic carbocycles. The molecular formula is C45H90N2O5. The summed E-state index contributed by atoms with van der Waals surface area (Å²) in [4.78, 5) is 26.9. The van der Waals surface area contributed by atoms with Gasteiger partial charge in [-0.1, -0.05) is 156 Å². The summed E-state index contributed by atoms with van der Waals surface area (Å²) in [5, 5.41) is 13.1. The second-order valence-corrected chi connectivity index (χ2v) is 15.6. The molecule has 0 saturated carbocycles. The summed E-state index contributed by atoms with van der Waals surface area (Å²) >= 11 is 0. The molecule has 0 radical (unpaired) electrons. The standard InChI is InChI=1S/C45H90N2O5/c1-4-7-10-13-16-17-20-29-41-51-44(49)33-26-22-28-37-47(39-40-48)38-30-36-46-35-27-21-25-34-45(50)52-42-43(31-23-18-14-11-8-5-2)32-24-19-15-12-9-6-3/h43,46,48H,4-42H2,1-3H3. The zero-order valence-electron chi connectivity index (χ0n) is 35.2. The van der Waals surface area contributed by atoms with Crippen LogP contribution in [0.2, 0.25) is 0 Å². The van der Waals surface area contributed by atoms with Crippen molar-refractivity contribution in [1.82, 2.24) is 10.2 Å². The van der Waals surface area contributed by atoms with Gasteiger partial charge in [0.2, 0.25) is 0 Å². The number of unbranched alkanes of at least 4 members (excludes halogenated alkanes) is 21. The van der Waals surface area contributed by atoms with Crippen LogP contribution in [0.5, 0.6) is 0 Å². The van der Waals surface area contributed by atoms with Gasteiger partial charge in [0.1, 0.15) is 0 Å².